The SMILES string of the molecule is CCOC(=O)[C@@H]1[C@H](C(=O)OCC)[C@@]2(O)[C@H](C)CC[C@H]2C1(C)C. The standard InChI is InChI=1S/C17H28O5/c1-6-21-14(18)12-13(15(19)22-7-2)17(20)10(3)8-9-11(17)16(12,4)5/h10-13,20H,6-9H2,1-5H3/t10-,11+,12+,13-,17-/m1/s1. The average Bonchev–Trinajstić information content (AvgIpc) is 2.82. The van der Waals surface area contributed by atoms with Gasteiger partial charge in [-0.25, -0.2) is 0 Å². The number of fused-ring (bicyclic) bond motifs is 1. The van der Waals surface area contributed by atoms with Crippen LogP contribution in [0.4, 0.5) is 0 Å². The van der Waals surface area contributed by atoms with Gasteiger partial charge >= 0.3 is 11.9 Å². The third kappa shape index (κ3) is 2.25. The van der Waals surface area contributed by atoms with Crippen molar-refractivity contribution in [2.24, 2.45) is 29.1 Å². The summed E-state index contributed by atoms with van der Waals surface area (Å²) in [6.45, 7) is 9.85. The molecule has 2 aliphatic carbocycles. The maximum atomic E-state index is 12.6. The Morgan fingerprint density at radius 3 is 2.05 bits per heavy atom. The predicted molar refractivity (Wildman–Crippen MR) is 80.9 cm³/mol. The molecule has 0 spiro atoms. The van der Waals surface area contributed by atoms with E-state index < -0.39 is 34.8 Å². The monoisotopic (exact) mass is 312 g/mol. The minimum atomic E-state index is -1.19. The van der Waals surface area contributed by atoms with Crippen molar-refractivity contribution in [3.8, 4) is 0 Å². The molecular formula is C17H28O5. The highest BCUT2D eigenvalue weighted by Gasteiger charge is 2.72. The van der Waals surface area contributed by atoms with E-state index in [1.807, 2.05) is 20.8 Å². The van der Waals surface area contributed by atoms with Crippen molar-refractivity contribution in [3.05, 3.63) is 0 Å². The molecular weight excluding hydrogens is 284 g/mol. The van der Waals surface area contributed by atoms with E-state index in [1.165, 1.54) is 0 Å². The van der Waals surface area contributed by atoms with E-state index in [2.05, 4.69) is 0 Å². The summed E-state index contributed by atoms with van der Waals surface area (Å²) >= 11 is 0. The van der Waals surface area contributed by atoms with E-state index in [0.29, 0.717) is 0 Å². The van der Waals surface area contributed by atoms with Gasteiger partial charge in [0, 0.05) is 0 Å². The molecule has 1 N–H and O–H groups in total. The van der Waals surface area contributed by atoms with Crippen LogP contribution in [-0.4, -0.2) is 35.9 Å². The molecule has 0 aromatic heterocycles. The molecule has 22 heavy (non-hydrogen) atoms. The van der Waals surface area contributed by atoms with Crippen LogP contribution < -0.4 is 0 Å². The van der Waals surface area contributed by atoms with E-state index in [4.69, 9.17) is 9.47 Å². The Labute approximate surface area is 132 Å². The van der Waals surface area contributed by atoms with E-state index in [-0.39, 0.29) is 25.0 Å². The van der Waals surface area contributed by atoms with Crippen molar-refractivity contribution in [3.63, 3.8) is 0 Å². The molecule has 5 nitrogen and oxygen atoms in total. The number of hydrogen-bond acceptors (Lipinski definition) is 5. The summed E-state index contributed by atoms with van der Waals surface area (Å²) in [4.78, 5) is 25.1. The van der Waals surface area contributed by atoms with Gasteiger partial charge < -0.3 is 14.6 Å². The van der Waals surface area contributed by atoms with Crippen molar-refractivity contribution >= 4 is 11.9 Å². The molecule has 0 radical (unpaired) electrons. The van der Waals surface area contributed by atoms with Gasteiger partial charge in [-0.05, 0) is 43.9 Å². The molecule has 2 fully saturated rings. The van der Waals surface area contributed by atoms with Crippen molar-refractivity contribution < 1.29 is 24.2 Å². The largest absolute Gasteiger partial charge is 0.466 e. The summed E-state index contributed by atoms with van der Waals surface area (Å²) in [5.74, 6) is -2.52. The van der Waals surface area contributed by atoms with Crippen LogP contribution in [0.15, 0.2) is 0 Å². The minimum Gasteiger partial charge on any atom is -0.466 e. The molecule has 2 aliphatic rings. The quantitative estimate of drug-likeness (QED) is 0.805. The smallest absolute Gasteiger partial charge is 0.312 e. The van der Waals surface area contributed by atoms with Crippen LogP contribution in [0.2, 0.25) is 0 Å². The molecule has 5 heteroatoms. The molecule has 0 bridgehead atoms. The lowest BCUT2D eigenvalue weighted by Crippen LogP contribution is -2.48. The lowest BCUT2D eigenvalue weighted by molar-refractivity contribution is -0.170. The average molecular weight is 312 g/mol. The molecule has 2 rings (SSSR count). The number of carbonyl (C=O) groups excluding carboxylic acids is 2. The van der Waals surface area contributed by atoms with Gasteiger partial charge in [0.15, 0.2) is 0 Å². The van der Waals surface area contributed by atoms with Crippen LogP contribution in [0, 0.1) is 29.1 Å². The van der Waals surface area contributed by atoms with Crippen molar-refractivity contribution in [1.29, 1.82) is 0 Å². The van der Waals surface area contributed by atoms with Crippen molar-refractivity contribution in [1.82, 2.24) is 0 Å². The van der Waals surface area contributed by atoms with Crippen molar-refractivity contribution in [2.45, 2.75) is 53.1 Å². The van der Waals surface area contributed by atoms with Gasteiger partial charge in [0.2, 0.25) is 0 Å². The number of esters is 2. The molecule has 0 unspecified atom stereocenters. The fraction of sp³-hybridized carbons (Fsp3) is 0.882. The summed E-state index contributed by atoms with van der Waals surface area (Å²) in [5.41, 5.74) is -1.68. The molecule has 5 atom stereocenters. The van der Waals surface area contributed by atoms with E-state index >= 15 is 0 Å². The van der Waals surface area contributed by atoms with Gasteiger partial charge in [-0.3, -0.25) is 9.59 Å². The predicted octanol–water partition coefficient (Wildman–Crippen LogP) is 2.16. The Morgan fingerprint density at radius 2 is 1.55 bits per heavy atom. The van der Waals surface area contributed by atoms with Crippen LogP contribution in [-0.2, 0) is 19.1 Å². The maximum Gasteiger partial charge on any atom is 0.312 e. The van der Waals surface area contributed by atoms with Crippen LogP contribution in [0.25, 0.3) is 0 Å². The fourth-order valence-electron chi connectivity index (χ4n) is 4.86. The maximum absolute atomic E-state index is 12.6. The van der Waals surface area contributed by atoms with E-state index in [1.54, 1.807) is 13.8 Å². The summed E-state index contributed by atoms with van der Waals surface area (Å²) in [5, 5.41) is 11.4. The second-order valence-electron chi connectivity index (χ2n) is 7.20. The van der Waals surface area contributed by atoms with Gasteiger partial charge in [0.1, 0.15) is 0 Å². The van der Waals surface area contributed by atoms with Gasteiger partial charge in [-0.2, -0.15) is 0 Å². The lowest BCUT2D eigenvalue weighted by atomic mass is 9.73. The number of rotatable bonds is 4. The van der Waals surface area contributed by atoms with Crippen LogP contribution in [0.5, 0.6) is 0 Å². The molecule has 2 saturated carbocycles. The molecule has 0 heterocycles. The zero-order chi connectivity index (χ0) is 16.7. The molecule has 0 aromatic carbocycles. The van der Waals surface area contributed by atoms with Crippen LogP contribution in [0.3, 0.4) is 0 Å². The lowest BCUT2D eigenvalue weighted by Gasteiger charge is -2.34. The number of aliphatic hydroxyl groups is 1. The Hall–Kier alpha value is -1.10. The molecule has 126 valence electrons. The third-order valence-electron chi connectivity index (χ3n) is 5.85. The molecule has 0 saturated heterocycles. The van der Waals surface area contributed by atoms with Gasteiger partial charge in [0.05, 0.1) is 30.7 Å². The van der Waals surface area contributed by atoms with Crippen LogP contribution >= 0.6 is 0 Å². The normalized spacial score (nSPS) is 39.4. The first-order chi connectivity index (χ1) is 10.2. The number of hydrogen-bond donors (Lipinski definition) is 1. The molecule has 0 aliphatic heterocycles. The summed E-state index contributed by atoms with van der Waals surface area (Å²) in [6, 6.07) is 0. The second-order valence-corrected chi connectivity index (χ2v) is 7.20. The van der Waals surface area contributed by atoms with Gasteiger partial charge in [-0.1, -0.05) is 20.8 Å². The zero-order valence-electron chi connectivity index (χ0n) is 14.2. The molecule has 0 aromatic rings. The first-order valence-corrected chi connectivity index (χ1v) is 8.28. The highest BCUT2D eigenvalue weighted by molar-refractivity contribution is 5.85. The first kappa shape index (κ1) is 17.3. The van der Waals surface area contributed by atoms with Gasteiger partial charge in [0.25, 0.3) is 0 Å². The Bertz CT molecular complexity index is 458. The minimum absolute atomic E-state index is 0.0365. The summed E-state index contributed by atoms with van der Waals surface area (Å²) < 4.78 is 10.4. The Morgan fingerprint density at radius 1 is 1.05 bits per heavy atom. The third-order valence-corrected chi connectivity index (χ3v) is 5.85. The van der Waals surface area contributed by atoms with Gasteiger partial charge in [-0.15, -0.1) is 0 Å². The Kier molecular flexibility index (Phi) is 4.58. The van der Waals surface area contributed by atoms with E-state index in [0.717, 1.165) is 12.8 Å². The van der Waals surface area contributed by atoms with Crippen molar-refractivity contribution in [2.75, 3.05) is 13.2 Å². The number of ether oxygens (including phenoxy) is 2. The van der Waals surface area contributed by atoms with Crippen LogP contribution in [0.1, 0.15) is 47.5 Å². The second kappa shape index (κ2) is 5.84. The summed E-state index contributed by atoms with van der Waals surface area (Å²) in [6.07, 6.45) is 1.67. The number of carbonyl (C=O) groups is 2. The first-order valence-electron chi connectivity index (χ1n) is 8.28. The van der Waals surface area contributed by atoms with E-state index in [9.17, 15) is 14.7 Å². The highest BCUT2D eigenvalue weighted by atomic mass is 16.5. The summed E-state index contributed by atoms with van der Waals surface area (Å²) in [7, 11) is 0. The topological polar surface area (TPSA) is 72.8 Å². The fourth-order valence-corrected chi connectivity index (χ4v) is 4.86. The molecule has 0 amide bonds. The zero-order valence-corrected chi connectivity index (χ0v) is 14.2. The highest BCUT2D eigenvalue weighted by Crippen LogP contribution is 2.64. The Balaban J connectivity index is 2.49.